The first-order valence-corrected chi connectivity index (χ1v) is 11.9. The van der Waals surface area contributed by atoms with Gasteiger partial charge in [-0.1, -0.05) is 89.1 Å². The summed E-state index contributed by atoms with van der Waals surface area (Å²) in [7, 11) is 0. The number of rotatable bonds is 11. The zero-order valence-electron chi connectivity index (χ0n) is 20.1. The Balaban J connectivity index is 0.000000649. The lowest BCUT2D eigenvalue weighted by Crippen LogP contribution is -2.09. The van der Waals surface area contributed by atoms with E-state index in [1.807, 2.05) is 13.8 Å². The normalized spacial score (nSPS) is 12.5. The molecule has 2 rings (SSSR count). The quantitative estimate of drug-likeness (QED) is 0.210. The molecular formula is C27H46O2. The number of hydrogen-bond donors (Lipinski definition) is 0. The second kappa shape index (κ2) is 18.5. The Bertz CT molecular complexity index is 534. The van der Waals surface area contributed by atoms with Gasteiger partial charge in [-0.15, -0.1) is 0 Å². The summed E-state index contributed by atoms with van der Waals surface area (Å²) in [4.78, 5) is 10.2. The molecule has 1 aromatic rings. The lowest BCUT2D eigenvalue weighted by molar-refractivity contribution is -0.107. The van der Waals surface area contributed by atoms with Crippen molar-refractivity contribution in [1.29, 1.82) is 0 Å². The molecule has 1 aliphatic carbocycles. The number of aldehydes is 1. The number of unbranched alkanes of at least 4 members (excludes halogenated alkanes) is 4. The summed E-state index contributed by atoms with van der Waals surface area (Å²) in [5.41, 5.74) is 3.58. The van der Waals surface area contributed by atoms with Crippen molar-refractivity contribution in [2.24, 2.45) is 5.92 Å². The van der Waals surface area contributed by atoms with Crippen LogP contribution in [-0.2, 0) is 9.53 Å². The summed E-state index contributed by atoms with van der Waals surface area (Å²) >= 11 is 0. The highest BCUT2D eigenvalue weighted by atomic mass is 16.5. The van der Waals surface area contributed by atoms with Crippen LogP contribution < -0.4 is 0 Å². The second-order valence-corrected chi connectivity index (χ2v) is 8.00. The van der Waals surface area contributed by atoms with E-state index in [4.69, 9.17) is 4.74 Å². The Hall–Kier alpha value is -1.57. The van der Waals surface area contributed by atoms with E-state index in [0.717, 1.165) is 42.8 Å². The van der Waals surface area contributed by atoms with Gasteiger partial charge in [0, 0.05) is 12.0 Å². The van der Waals surface area contributed by atoms with E-state index in [0.29, 0.717) is 13.0 Å². The molecule has 0 aromatic heterocycles. The maximum Gasteiger partial charge on any atom is 0.125 e. The molecule has 0 amide bonds. The Morgan fingerprint density at radius 1 is 1.03 bits per heavy atom. The molecule has 2 heteroatoms. The standard InChI is InChI=1S/C17H24O2.C8H16.C2H6/c1-14(2)17(16-10-8-15(3)9-11-16)19-13-7-5-4-6-12-18;1-2-3-5-8-6-4-7-8;1-2/h8-12H,4-7,13H2,1-3H3;8H,2-7H2,1H3;1-2H3. The Kier molecular flexibility index (Phi) is 17.5. The van der Waals surface area contributed by atoms with E-state index >= 15 is 0 Å². The van der Waals surface area contributed by atoms with Gasteiger partial charge in [0.2, 0.25) is 0 Å². The van der Waals surface area contributed by atoms with Crippen molar-refractivity contribution < 1.29 is 9.53 Å². The SMILES string of the molecule is CC.CC(C)=C(OCCCCCC=O)c1ccc(C)cc1.CCCCC1CCC1. The van der Waals surface area contributed by atoms with Crippen LogP contribution in [0.5, 0.6) is 0 Å². The second-order valence-electron chi connectivity index (χ2n) is 8.00. The van der Waals surface area contributed by atoms with E-state index in [9.17, 15) is 4.79 Å². The Morgan fingerprint density at radius 3 is 2.17 bits per heavy atom. The summed E-state index contributed by atoms with van der Waals surface area (Å²) in [6, 6.07) is 8.41. The van der Waals surface area contributed by atoms with E-state index in [1.165, 1.54) is 49.7 Å². The molecule has 1 aromatic carbocycles. The highest BCUT2D eigenvalue weighted by Crippen LogP contribution is 2.30. The predicted octanol–water partition coefficient (Wildman–Crippen LogP) is 8.52. The molecule has 0 atom stereocenters. The Morgan fingerprint density at radius 2 is 1.69 bits per heavy atom. The van der Waals surface area contributed by atoms with Gasteiger partial charge in [0.15, 0.2) is 0 Å². The van der Waals surface area contributed by atoms with Crippen molar-refractivity contribution in [2.75, 3.05) is 6.61 Å². The number of ether oxygens (including phenoxy) is 1. The van der Waals surface area contributed by atoms with Gasteiger partial charge in [-0.25, -0.2) is 0 Å². The molecule has 1 fully saturated rings. The minimum absolute atomic E-state index is 0.660. The fourth-order valence-electron chi connectivity index (χ4n) is 3.18. The fraction of sp³-hybridized carbons (Fsp3) is 0.667. The molecule has 0 saturated heterocycles. The molecule has 0 spiro atoms. The monoisotopic (exact) mass is 402 g/mol. The summed E-state index contributed by atoms with van der Waals surface area (Å²) in [5, 5.41) is 0. The first kappa shape index (κ1) is 27.4. The van der Waals surface area contributed by atoms with Crippen molar-refractivity contribution >= 4 is 12.0 Å². The first-order chi connectivity index (χ1) is 14.1. The third-order valence-corrected chi connectivity index (χ3v) is 5.17. The highest BCUT2D eigenvalue weighted by molar-refractivity contribution is 5.62. The van der Waals surface area contributed by atoms with Crippen LogP contribution in [-0.4, -0.2) is 12.9 Å². The summed E-state index contributed by atoms with van der Waals surface area (Å²) < 4.78 is 5.90. The zero-order valence-corrected chi connectivity index (χ0v) is 20.1. The maximum absolute atomic E-state index is 10.2. The van der Waals surface area contributed by atoms with E-state index in [1.54, 1.807) is 0 Å². The molecule has 166 valence electrons. The van der Waals surface area contributed by atoms with Crippen molar-refractivity contribution in [3.05, 3.63) is 41.0 Å². The van der Waals surface area contributed by atoms with Gasteiger partial charge < -0.3 is 9.53 Å². The van der Waals surface area contributed by atoms with Crippen LogP contribution in [0.25, 0.3) is 5.76 Å². The lowest BCUT2D eigenvalue weighted by atomic mass is 9.82. The molecule has 0 N–H and O–H groups in total. The number of carbonyl (C=O) groups is 1. The first-order valence-electron chi connectivity index (χ1n) is 11.9. The molecule has 0 unspecified atom stereocenters. The van der Waals surface area contributed by atoms with E-state index in [-0.39, 0.29) is 0 Å². The molecule has 0 heterocycles. The Labute approximate surface area is 181 Å². The smallest absolute Gasteiger partial charge is 0.125 e. The van der Waals surface area contributed by atoms with Crippen LogP contribution in [0.1, 0.15) is 110 Å². The average Bonchev–Trinajstić information content (AvgIpc) is 2.69. The molecule has 29 heavy (non-hydrogen) atoms. The summed E-state index contributed by atoms with van der Waals surface area (Å²) in [5.74, 6) is 2.12. The van der Waals surface area contributed by atoms with Crippen LogP contribution in [0.15, 0.2) is 29.8 Å². The fourth-order valence-corrected chi connectivity index (χ4v) is 3.18. The van der Waals surface area contributed by atoms with Gasteiger partial charge in [0.05, 0.1) is 6.61 Å². The predicted molar refractivity (Wildman–Crippen MR) is 128 cm³/mol. The van der Waals surface area contributed by atoms with Crippen molar-refractivity contribution in [3.63, 3.8) is 0 Å². The lowest BCUT2D eigenvalue weighted by Gasteiger charge is -2.24. The van der Waals surface area contributed by atoms with Gasteiger partial charge in [0.1, 0.15) is 12.0 Å². The highest BCUT2D eigenvalue weighted by Gasteiger charge is 2.15. The van der Waals surface area contributed by atoms with Crippen LogP contribution in [0.2, 0.25) is 0 Å². The minimum atomic E-state index is 0.660. The number of aryl methyl sites for hydroxylation is 1. The molecule has 2 nitrogen and oxygen atoms in total. The molecule has 1 saturated carbocycles. The number of carbonyl (C=O) groups excluding carboxylic acids is 1. The number of benzene rings is 1. The van der Waals surface area contributed by atoms with Gasteiger partial charge in [-0.3, -0.25) is 0 Å². The van der Waals surface area contributed by atoms with Crippen molar-refractivity contribution in [1.82, 2.24) is 0 Å². The third-order valence-electron chi connectivity index (χ3n) is 5.17. The number of allylic oxidation sites excluding steroid dienone is 1. The number of hydrogen-bond acceptors (Lipinski definition) is 2. The minimum Gasteiger partial charge on any atom is -0.493 e. The summed E-state index contributed by atoms with van der Waals surface area (Å²) in [6.07, 6.45) is 13.6. The summed E-state index contributed by atoms with van der Waals surface area (Å²) in [6.45, 7) is 13.2. The zero-order chi connectivity index (χ0) is 21.9. The van der Waals surface area contributed by atoms with E-state index < -0.39 is 0 Å². The third kappa shape index (κ3) is 13.3. The van der Waals surface area contributed by atoms with E-state index in [2.05, 4.69) is 52.0 Å². The van der Waals surface area contributed by atoms with Crippen LogP contribution in [0.3, 0.4) is 0 Å². The van der Waals surface area contributed by atoms with Crippen LogP contribution in [0, 0.1) is 12.8 Å². The molecular weight excluding hydrogens is 356 g/mol. The largest absolute Gasteiger partial charge is 0.493 e. The van der Waals surface area contributed by atoms with Crippen molar-refractivity contribution in [3.8, 4) is 0 Å². The van der Waals surface area contributed by atoms with Gasteiger partial charge in [0.25, 0.3) is 0 Å². The van der Waals surface area contributed by atoms with Gasteiger partial charge in [-0.05, 0) is 51.5 Å². The topological polar surface area (TPSA) is 26.3 Å². The van der Waals surface area contributed by atoms with Gasteiger partial charge in [-0.2, -0.15) is 0 Å². The molecule has 0 radical (unpaired) electrons. The molecule has 1 aliphatic rings. The van der Waals surface area contributed by atoms with Crippen LogP contribution >= 0.6 is 0 Å². The average molecular weight is 403 g/mol. The maximum atomic E-state index is 10.2. The molecule has 0 aliphatic heterocycles. The molecule has 0 bridgehead atoms. The van der Waals surface area contributed by atoms with Crippen molar-refractivity contribution in [2.45, 2.75) is 106 Å². The van der Waals surface area contributed by atoms with Gasteiger partial charge >= 0.3 is 0 Å². The van der Waals surface area contributed by atoms with Crippen LogP contribution in [0.4, 0.5) is 0 Å².